The summed E-state index contributed by atoms with van der Waals surface area (Å²) in [7, 11) is 0. The summed E-state index contributed by atoms with van der Waals surface area (Å²) in [5, 5.41) is 3.47. The van der Waals surface area contributed by atoms with Crippen LogP contribution in [0.4, 0.5) is 0 Å². The summed E-state index contributed by atoms with van der Waals surface area (Å²) < 4.78 is 0. The summed E-state index contributed by atoms with van der Waals surface area (Å²) in [6.07, 6.45) is 17.4. The van der Waals surface area contributed by atoms with E-state index < -0.39 is 0 Å². The highest BCUT2D eigenvalue weighted by Crippen LogP contribution is 2.12. The number of nitrogens with one attached hydrogen (secondary N) is 1. The molecule has 1 fully saturated rings. The van der Waals surface area contributed by atoms with Crippen molar-refractivity contribution in [2.75, 3.05) is 26.2 Å². The van der Waals surface area contributed by atoms with Crippen molar-refractivity contribution in [3.05, 3.63) is 0 Å². The first-order valence-electron chi connectivity index (χ1n) is 9.79. The van der Waals surface area contributed by atoms with Gasteiger partial charge in [0.1, 0.15) is 0 Å². The average molecular weight is 297 g/mol. The van der Waals surface area contributed by atoms with E-state index in [0.29, 0.717) is 0 Å². The number of unbranched alkanes of at least 4 members (excludes halogenated alkanes) is 11. The first-order valence-corrected chi connectivity index (χ1v) is 9.79. The van der Waals surface area contributed by atoms with Gasteiger partial charge in [-0.15, -0.1) is 0 Å². The highest BCUT2D eigenvalue weighted by molar-refractivity contribution is 4.75. The van der Waals surface area contributed by atoms with E-state index in [1.54, 1.807) is 0 Å². The van der Waals surface area contributed by atoms with Crippen LogP contribution in [-0.2, 0) is 0 Å². The lowest BCUT2D eigenvalue weighted by Gasteiger charge is -2.33. The lowest BCUT2D eigenvalue weighted by molar-refractivity contribution is 0.170. The molecule has 1 aliphatic heterocycles. The van der Waals surface area contributed by atoms with Crippen molar-refractivity contribution in [2.45, 2.75) is 96.9 Å². The molecule has 1 saturated heterocycles. The van der Waals surface area contributed by atoms with Crippen LogP contribution >= 0.6 is 0 Å². The van der Waals surface area contributed by atoms with E-state index >= 15 is 0 Å². The highest BCUT2D eigenvalue weighted by Gasteiger charge is 2.16. The Morgan fingerprint density at radius 1 is 0.810 bits per heavy atom. The molecule has 0 saturated carbocycles. The van der Waals surface area contributed by atoms with Crippen molar-refractivity contribution in [3.63, 3.8) is 0 Å². The highest BCUT2D eigenvalue weighted by atomic mass is 15.2. The fraction of sp³-hybridized carbons (Fsp3) is 1.00. The smallest absolute Gasteiger partial charge is 0.0192 e. The third-order valence-electron chi connectivity index (χ3n) is 4.94. The van der Waals surface area contributed by atoms with E-state index in [2.05, 4.69) is 24.1 Å². The van der Waals surface area contributed by atoms with E-state index in [-0.39, 0.29) is 0 Å². The van der Waals surface area contributed by atoms with Gasteiger partial charge in [0, 0.05) is 25.7 Å². The Morgan fingerprint density at radius 3 is 1.86 bits per heavy atom. The molecule has 0 aliphatic carbocycles. The maximum atomic E-state index is 3.47. The maximum absolute atomic E-state index is 3.47. The molecule has 0 unspecified atom stereocenters. The molecule has 1 aliphatic rings. The second-order valence-corrected chi connectivity index (χ2v) is 6.98. The Morgan fingerprint density at radius 2 is 1.33 bits per heavy atom. The third-order valence-corrected chi connectivity index (χ3v) is 4.94. The molecule has 0 amide bonds. The summed E-state index contributed by atoms with van der Waals surface area (Å²) in [4.78, 5) is 2.66. The number of hydrogen-bond acceptors (Lipinski definition) is 2. The van der Waals surface area contributed by atoms with E-state index in [4.69, 9.17) is 0 Å². The standard InChI is InChI=1S/C19H40N2/c1-3-4-5-6-7-8-9-10-11-12-13-14-16-21-17-15-20-18-19(21)2/h19-20H,3-18H2,1-2H3/t19-/m1/s1. The van der Waals surface area contributed by atoms with Crippen molar-refractivity contribution >= 4 is 0 Å². The largest absolute Gasteiger partial charge is 0.314 e. The quantitative estimate of drug-likeness (QED) is 0.482. The van der Waals surface area contributed by atoms with Crippen LogP contribution in [0.15, 0.2) is 0 Å². The van der Waals surface area contributed by atoms with Crippen LogP contribution in [0, 0.1) is 0 Å². The molecule has 0 bridgehead atoms. The van der Waals surface area contributed by atoms with Crippen LogP contribution in [0.25, 0.3) is 0 Å². The normalized spacial score (nSPS) is 20.0. The zero-order valence-corrected chi connectivity index (χ0v) is 14.8. The Kier molecular flexibility index (Phi) is 12.3. The van der Waals surface area contributed by atoms with Gasteiger partial charge in [-0.25, -0.2) is 0 Å². The topological polar surface area (TPSA) is 15.3 Å². The minimum absolute atomic E-state index is 0.742. The van der Waals surface area contributed by atoms with Crippen LogP contribution < -0.4 is 5.32 Å². The van der Waals surface area contributed by atoms with E-state index in [1.807, 2.05) is 0 Å². The predicted molar refractivity (Wildman–Crippen MR) is 95.0 cm³/mol. The van der Waals surface area contributed by atoms with Crippen LogP contribution in [0.3, 0.4) is 0 Å². The van der Waals surface area contributed by atoms with Crippen LogP contribution in [0.2, 0.25) is 0 Å². The third kappa shape index (κ3) is 10.3. The second-order valence-electron chi connectivity index (χ2n) is 6.98. The lowest BCUT2D eigenvalue weighted by atomic mass is 10.1. The SMILES string of the molecule is CCCCCCCCCCCCCCN1CCNC[C@H]1C. The molecule has 0 aromatic rings. The Hall–Kier alpha value is -0.0800. The van der Waals surface area contributed by atoms with Crippen LogP contribution in [-0.4, -0.2) is 37.1 Å². The minimum atomic E-state index is 0.742. The van der Waals surface area contributed by atoms with Gasteiger partial charge in [-0.1, -0.05) is 77.6 Å². The molecule has 1 rings (SSSR count). The first kappa shape index (κ1) is 19.0. The number of hydrogen-bond donors (Lipinski definition) is 1. The van der Waals surface area contributed by atoms with Gasteiger partial charge in [0.2, 0.25) is 0 Å². The van der Waals surface area contributed by atoms with Gasteiger partial charge < -0.3 is 5.32 Å². The summed E-state index contributed by atoms with van der Waals surface area (Å²) in [5.74, 6) is 0. The monoisotopic (exact) mass is 296 g/mol. The van der Waals surface area contributed by atoms with Crippen molar-refractivity contribution < 1.29 is 0 Å². The minimum Gasteiger partial charge on any atom is -0.314 e. The molecule has 2 heteroatoms. The number of nitrogens with zero attached hydrogens (tertiary/aromatic N) is 1. The lowest BCUT2D eigenvalue weighted by Crippen LogP contribution is -2.49. The second kappa shape index (κ2) is 13.6. The maximum Gasteiger partial charge on any atom is 0.0192 e. The number of piperazine rings is 1. The predicted octanol–water partition coefficient (Wildman–Crippen LogP) is 4.98. The van der Waals surface area contributed by atoms with Gasteiger partial charge in [0.25, 0.3) is 0 Å². The van der Waals surface area contributed by atoms with Gasteiger partial charge in [-0.3, -0.25) is 4.90 Å². The van der Waals surface area contributed by atoms with Gasteiger partial charge in [-0.2, -0.15) is 0 Å². The van der Waals surface area contributed by atoms with Crippen molar-refractivity contribution in [2.24, 2.45) is 0 Å². The molecule has 1 atom stereocenters. The zero-order chi connectivity index (χ0) is 15.2. The van der Waals surface area contributed by atoms with Crippen molar-refractivity contribution in [1.82, 2.24) is 10.2 Å². The van der Waals surface area contributed by atoms with E-state index in [9.17, 15) is 0 Å². The molecule has 21 heavy (non-hydrogen) atoms. The molecule has 0 aromatic carbocycles. The molecule has 2 nitrogen and oxygen atoms in total. The van der Waals surface area contributed by atoms with Crippen molar-refractivity contribution in [1.29, 1.82) is 0 Å². The summed E-state index contributed by atoms with van der Waals surface area (Å²) in [5.41, 5.74) is 0. The molecule has 1 N–H and O–H groups in total. The number of rotatable bonds is 13. The molecule has 0 radical (unpaired) electrons. The summed E-state index contributed by atoms with van der Waals surface area (Å²) >= 11 is 0. The molecule has 126 valence electrons. The fourth-order valence-electron chi connectivity index (χ4n) is 3.37. The van der Waals surface area contributed by atoms with Crippen molar-refractivity contribution in [3.8, 4) is 0 Å². The molecule has 0 spiro atoms. The van der Waals surface area contributed by atoms with Crippen LogP contribution in [0.5, 0.6) is 0 Å². The molecule has 0 aromatic heterocycles. The van der Waals surface area contributed by atoms with Gasteiger partial charge in [0.15, 0.2) is 0 Å². The van der Waals surface area contributed by atoms with Crippen LogP contribution in [0.1, 0.15) is 90.9 Å². The Bertz CT molecular complexity index is 218. The van der Waals surface area contributed by atoms with Gasteiger partial charge in [-0.05, 0) is 19.9 Å². The van der Waals surface area contributed by atoms with E-state index in [0.717, 1.165) is 6.04 Å². The van der Waals surface area contributed by atoms with E-state index in [1.165, 1.54) is 103 Å². The molecular weight excluding hydrogens is 256 g/mol. The fourth-order valence-corrected chi connectivity index (χ4v) is 3.37. The molecular formula is C19H40N2. The van der Waals surface area contributed by atoms with Gasteiger partial charge in [0.05, 0.1) is 0 Å². The zero-order valence-electron chi connectivity index (χ0n) is 14.8. The summed E-state index contributed by atoms with van der Waals surface area (Å²) in [6.45, 7) is 9.58. The summed E-state index contributed by atoms with van der Waals surface area (Å²) in [6, 6.07) is 0.742. The average Bonchev–Trinajstić information content (AvgIpc) is 2.50. The Balaban J connectivity index is 1.76. The van der Waals surface area contributed by atoms with Gasteiger partial charge >= 0.3 is 0 Å². The molecule has 1 heterocycles. The Labute approximate surface area is 134 Å². The first-order chi connectivity index (χ1) is 10.3.